The van der Waals surface area contributed by atoms with Gasteiger partial charge in [0, 0.05) is 17.7 Å². The molecule has 1 atom stereocenters. The molecule has 0 saturated carbocycles. The van der Waals surface area contributed by atoms with E-state index in [-0.39, 0.29) is 5.91 Å². The molecule has 0 radical (unpaired) electrons. The number of para-hydroxylation sites is 1. The van der Waals surface area contributed by atoms with Crippen LogP contribution in [0.5, 0.6) is 0 Å². The normalized spacial score (nSPS) is 21.7. The van der Waals surface area contributed by atoms with Gasteiger partial charge in [0.15, 0.2) is 0 Å². The van der Waals surface area contributed by atoms with E-state index < -0.39 is 6.04 Å². The average molecular weight is 208 g/mol. The van der Waals surface area contributed by atoms with Crippen LogP contribution >= 0.6 is 11.8 Å². The number of carbonyl (C=O) groups excluding carboxylic acids is 1. The van der Waals surface area contributed by atoms with Crippen LogP contribution in [0.1, 0.15) is 0 Å². The largest absolute Gasteiger partial charge is 0.319 e. The Morgan fingerprint density at radius 2 is 2.21 bits per heavy atom. The second-order valence-corrected chi connectivity index (χ2v) is 4.34. The highest BCUT2D eigenvalue weighted by Gasteiger charge is 2.24. The summed E-state index contributed by atoms with van der Waals surface area (Å²) in [5.41, 5.74) is 6.69. The highest BCUT2D eigenvalue weighted by atomic mass is 32.2. The van der Waals surface area contributed by atoms with Gasteiger partial charge in [-0.1, -0.05) is 12.1 Å². The maximum atomic E-state index is 11.7. The smallest absolute Gasteiger partial charge is 0.244 e. The zero-order valence-electron chi connectivity index (χ0n) is 7.93. The number of hydrogen-bond acceptors (Lipinski definition) is 3. The number of likely N-dealkylation sites (N-methyl/N-ethyl adjacent to an activating group) is 1. The van der Waals surface area contributed by atoms with Crippen molar-refractivity contribution in [3.63, 3.8) is 0 Å². The van der Waals surface area contributed by atoms with Crippen LogP contribution in [0, 0.1) is 0 Å². The number of rotatable bonds is 0. The molecule has 0 spiro atoms. The fourth-order valence-corrected chi connectivity index (χ4v) is 2.50. The number of nitrogens with zero attached hydrogens (tertiary/aromatic N) is 1. The van der Waals surface area contributed by atoms with E-state index >= 15 is 0 Å². The van der Waals surface area contributed by atoms with Crippen molar-refractivity contribution in [1.29, 1.82) is 0 Å². The minimum Gasteiger partial charge on any atom is -0.319 e. The van der Waals surface area contributed by atoms with E-state index in [0.29, 0.717) is 5.75 Å². The molecule has 2 rings (SSSR count). The molecule has 0 fully saturated rings. The Kier molecular flexibility index (Phi) is 2.48. The van der Waals surface area contributed by atoms with Gasteiger partial charge in [0.1, 0.15) is 0 Å². The van der Waals surface area contributed by atoms with Crippen molar-refractivity contribution < 1.29 is 4.79 Å². The molecule has 1 unspecified atom stereocenters. The lowest BCUT2D eigenvalue weighted by Crippen LogP contribution is -2.42. The first-order chi connectivity index (χ1) is 6.70. The first kappa shape index (κ1) is 9.55. The van der Waals surface area contributed by atoms with Gasteiger partial charge in [-0.3, -0.25) is 4.79 Å². The lowest BCUT2D eigenvalue weighted by atomic mass is 10.2. The number of fused-ring (bicyclic) bond motifs is 1. The van der Waals surface area contributed by atoms with E-state index in [9.17, 15) is 4.79 Å². The van der Waals surface area contributed by atoms with Crippen molar-refractivity contribution in [2.75, 3.05) is 17.7 Å². The van der Waals surface area contributed by atoms with Crippen LogP contribution in [0.4, 0.5) is 5.69 Å². The van der Waals surface area contributed by atoms with E-state index in [0.717, 1.165) is 10.6 Å². The SMILES string of the molecule is CN1C(=O)C(N)CSc2ccccc21. The Hall–Kier alpha value is -1.00. The molecule has 3 nitrogen and oxygen atoms in total. The summed E-state index contributed by atoms with van der Waals surface area (Å²) in [4.78, 5) is 14.5. The van der Waals surface area contributed by atoms with Gasteiger partial charge in [-0.25, -0.2) is 0 Å². The van der Waals surface area contributed by atoms with Crippen molar-refractivity contribution in [3.05, 3.63) is 24.3 Å². The summed E-state index contributed by atoms with van der Waals surface area (Å²) in [5, 5.41) is 0. The summed E-state index contributed by atoms with van der Waals surface area (Å²) in [7, 11) is 1.77. The fourth-order valence-electron chi connectivity index (χ4n) is 1.47. The predicted octanol–water partition coefficient (Wildman–Crippen LogP) is 1.08. The van der Waals surface area contributed by atoms with Crippen LogP contribution in [-0.2, 0) is 4.79 Å². The summed E-state index contributed by atoms with van der Waals surface area (Å²) in [6.07, 6.45) is 0. The Morgan fingerprint density at radius 1 is 1.50 bits per heavy atom. The second-order valence-electron chi connectivity index (χ2n) is 3.28. The molecule has 0 aliphatic carbocycles. The molecule has 0 saturated heterocycles. The van der Waals surface area contributed by atoms with Crippen LogP contribution in [0.3, 0.4) is 0 Å². The number of thioether (sulfide) groups is 1. The molecule has 1 aromatic carbocycles. The Bertz CT molecular complexity index is 367. The van der Waals surface area contributed by atoms with Gasteiger partial charge in [0.05, 0.1) is 11.7 Å². The van der Waals surface area contributed by atoms with Crippen molar-refractivity contribution in [3.8, 4) is 0 Å². The van der Waals surface area contributed by atoms with Gasteiger partial charge in [0.2, 0.25) is 5.91 Å². The summed E-state index contributed by atoms with van der Waals surface area (Å²) in [5.74, 6) is 0.641. The Labute approximate surface area is 87.3 Å². The highest BCUT2D eigenvalue weighted by Crippen LogP contribution is 2.32. The third-order valence-electron chi connectivity index (χ3n) is 2.29. The topological polar surface area (TPSA) is 46.3 Å². The number of amides is 1. The highest BCUT2D eigenvalue weighted by molar-refractivity contribution is 7.99. The standard InChI is InChI=1S/C10H12N2OS/c1-12-8-4-2-3-5-9(8)14-6-7(11)10(12)13/h2-5,7H,6,11H2,1H3. The quantitative estimate of drug-likeness (QED) is 0.694. The van der Waals surface area contributed by atoms with E-state index in [2.05, 4.69) is 0 Å². The molecule has 1 aliphatic rings. The minimum atomic E-state index is -0.391. The average Bonchev–Trinajstić information content (AvgIpc) is 2.32. The molecule has 14 heavy (non-hydrogen) atoms. The van der Waals surface area contributed by atoms with E-state index in [1.807, 2.05) is 24.3 Å². The molecule has 1 aliphatic heterocycles. The Morgan fingerprint density at radius 3 is 3.00 bits per heavy atom. The molecular formula is C10H12N2OS. The maximum absolute atomic E-state index is 11.7. The van der Waals surface area contributed by atoms with Crippen LogP contribution in [0.25, 0.3) is 0 Å². The van der Waals surface area contributed by atoms with Crippen molar-refractivity contribution >= 4 is 23.4 Å². The van der Waals surface area contributed by atoms with Gasteiger partial charge in [0.25, 0.3) is 0 Å². The Balaban J connectivity index is 2.45. The number of anilines is 1. The van der Waals surface area contributed by atoms with E-state index in [4.69, 9.17) is 5.73 Å². The van der Waals surface area contributed by atoms with Crippen LogP contribution in [0.15, 0.2) is 29.2 Å². The third-order valence-corrected chi connectivity index (χ3v) is 3.47. The minimum absolute atomic E-state index is 0.0116. The number of nitrogens with two attached hydrogens (primary N) is 1. The summed E-state index contributed by atoms with van der Waals surface area (Å²) >= 11 is 1.64. The first-order valence-electron chi connectivity index (χ1n) is 4.45. The molecule has 2 N–H and O–H groups in total. The van der Waals surface area contributed by atoms with Crippen molar-refractivity contribution in [2.24, 2.45) is 5.73 Å². The van der Waals surface area contributed by atoms with Gasteiger partial charge in [-0.15, -0.1) is 11.8 Å². The summed E-state index contributed by atoms with van der Waals surface area (Å²) in [6.45, 7) is 0. The predicted molar refractivity (Wildman–Crippen MR) is 58.6 cm³/mol. The van der Waals surface area contributed by atoms with Crippen LogP contribution in [-0.4, -0.2) is 24.7 Å². The molecule has 1 aromatic rings. The van der Waals surface area contributed by atoms with Gasteiger partial charge in [-0.05, 0) is 12.1 Å². The van der Waals surface area contributed by atoms with E-state index in [1.54, 1.807) is 23.7 Å². The lowest BCUT2D eigenvalue weighted by Gasteiger charge is -2.18. The molecular weight excluding hydrogens is 196 g/mol. The van der Waals surface area contributed by atoms with Gasteiger partial charge < -0.3 is 10.6 Å². The molecule has 74 valence electrons. The monoisotopic (exact) mass is 208 g/mol. The zero-order valence-corrected chi connectivity index (χ0v) is 8.75. The zero-order chi connectivity index (χ0) is 10.1. The molecule has 0 aromatic heterocycles. The summed E-state index contributed by atoms with van der Waals surface area (Å²) < 4.78 is 0. The lowest BCUT2D eigenvalue weighted by molar-refractivity contribution is -0.119. The maximum Gasteiger partial charge on any atom is 0.244 e. The molecule has 1 heterocycles. The van der Waals surface area contributed by atoms with Crippen LogP contribution in [0.2, 0.25) is 0 Å². The fraction of sp³-hybridized carbons (Fsp3) is 0.300. The number of benzene rings is 1. The van der Waals surface area contributed by atoms with Crippen molar-refractivity contribution in [1.82, 2.24) is 0 Å². The van der Waals surface area contributed by atoms with Crippen molar-refractivity contribution in [2.45, 2.75) is 10.9 Å². The summed E-state index contributed by atoms with van der Waals surface area (Å²) in [6, 6.07) is 7.47. The molecule has 4 heteroatoms. The van der Waals surface area contributed by atoms with E-state index in [1.165, 1.54) is 0 Å². The first-order valence-corrected chi connectivity index (χ1v) is 5.43. The molecule has 1 amide bonds. The number of carbonyl (C=O) groups is 1. The second kappa shape index (κ2) is 3.63. The molecule has 0 bridgehead atoms. The van der Waals surface area contributed by atoms with Crippen LogP contribution < -0.4 is 10.6 Å². The van der Waals surface area contributed by atoms with Gasteiger partial charge >= 0.3 is 0 Å². The van der Waals surface area contributed by atoms with Gasteiger partial charge in [-0.2, -0.15) is 0 Å². The number of hydrogen-bond donors (Lipinski definition) is 1. The third kappa shape index (κ3) is 1.51.